The van der Waals surface area contributed by atoms with E-state index in [9.17, 15) is 5.11 Å². The lowest BCUT2D eigenvalue weighted by molar-refractivity contribution is 0.475. The van der Waals surface area contributed by atoms with Crippen molar-refractivity contribution in [1.82, 2.24) is 9.97 Å². The molecule has 0 saturated carbocycles. The van der Waals surface area contributed by atoms with Gasteiger partial charge >= 0.3 is 0 Å². The third-order valence-corrected chi connectivity index (χ3v) is 3.66. The standard InChI is InChI=1S/C19H14N2O2/c22-15-10-8-14(9-11-15)18-17(13-5-2-1-3-6-13)20-19(21-18)16-7-4-12-23-16/h1-12,22H,(H,20,21). The van der Waals surface area contributed by atoms with Crippen LogP contribution in [0.1, 0.15) is 0 Å². The van der Waals surface area contributed by atoms with Crippen molar-refractivity contribution in [2.45, 2.75) is 0 Å². The molecular formula is C19H14N2O2. The van der Waals surface area contributed by atoms with Crippen molar-refractivity contribution in [3.8, 4) is 39.8 Å². The van der Waals surface area contributed by atoms with Crippen LogP contribution in [-0.4, -0.2) is 15.1 Å². The largest absolute Gasteiger partial charge is 0.508 e. The summed E-state index contributed by atoms with van der Waals surface area (Å²) in [5, 5.41) is 9.50. The average molecular weight is 302 g/mol. The zero-order valence-corrected chi connectivity index (χ0v) is 12.2. The van der Waals surface area contributed by atoms with Gasteiger partial charge in [0, 0.05) is 11.1 Å². The third kappa shape index (κ3) is 2.51. The van der Waals surface area contributed by atoms with E-state index in [0.29, 0.717) is 11.6 Å². The molecule has 0 radical (unpaired) electrons. The number of imidazole rings is 1. The van der Waals surface area contributed by atoms with E-state index in [1.165, 1.54) is 0 Å². The fourth-order valence-corrected chi connectivity index (χ4v) is 2.55. The zero-order chi connectivity index (χ0) is 15.6. The molecule has 4 rings (SSSR count). The van der Waals surface area contributed by atoms with Crippen molar-refractivity contribution in [2.24, 2.45) is 0 Å². The summed E-state index contributed by atoms with van der Waals surface area (Å²) in [6.45, 7) is 0. The van der Waals surface area contributed by atoms with E-state index in [1.807, 2.05) is 54.6 Å². The summed E-state index contributed by atoms with van der Waals surface area (Å²) in [6.07, 6.45) is 1.63. The fourth-order valence-electron chi connectivity index (χ4n) is 2.55. The van der Waals surface area contributed by atoms with Gasteiger partial charge in [0.25, 0.3) is 0 Å². The van der Waals surface area contributed by atoms with Crippen LogP contribution in [0.3, 0.4) is 0 Å². The number of nitrogens with zero attached hydrogens (tertiary/aromatic N) is 1. The molecule has 4 aromatic rings. The molecule has 2 aromatic heterocycles. The maximum atomic E-state index is 9.50. The number of aromatic amines is 1. The van der Waals surface area contributed by atoms with Gasteiger partial charge in [0.2, 0.25) is 0 Å². The molecule has 0 unspecified atom stereocenters. The van der Waals surface area contributed by atoms with Gasteiger partial charge in [-0.15, -0.1) is 0 Å². The van der Waals surface area contributed by atoms with Gasteiger partial charge in [-0.05, 0) is 36.4 Å². The maximum absolute atomic E-state index is 9.50. The van der Waals surface area contributed by atoms with Gasteiger partial charge in [-0.2, -0.15) is 0 Å². The van der Waals surface area contributed by atoms with Crippen LogP contribution in [0, 0.1) is 0 Å². The minimum atomic E-state index is 0.237. The quantitative estimate of drug-likeness (QED) is 0.576. The summed E-state index contributed by atoms with van der Waals surface area (Å²) in [7, 11) is 0. The van der Waals surface area contributed by atoms with Gasteiger partial charge < -0.3 is 14.5 Å². The SMILES string of the molecule is Oc1ccc(-c2[nH]c(-c3ccco3)nc2-c2ccccc2)cc1. The summed E-state index contributed by atoms with van der Waals surface area (Å²) in [5.74, 6) is 1.60. The first kappa shape index (κ1) is 13.4. The number of hydrogen-bond donors (Lipinski definition) is 2. The molecule has 0 amide bonds. The molecule has 2 aromatic carbocycles. The minimum Gasteiger partial charge on any atom is -0.508 e. The molecule has 0 fully saturated rings. The summed E-state index contributed by atoms with van der Waals surface area (Å²) in [6, 6.07) is 20.7. The van der Waals surface area contributed by atoms with E-state index >= 15 is 0 Å². The van der Waals surface area contributed by atoms with E-state index in [-0.39, 0.29) is 5.75 Å². The molecule has 0 aliphatic heterocycles. The second kappa shape index (κ2) is 5.50. The van der Waals surface area contributed by atoms with Crippen LogP contribution >= 0.6 is 0 Å². The van der Waals surface area contributed by atoms with Gasteiger partial charge in [-0.25, -0.2) is 4.98 Å². The topological polar surface area (TPSA) is 62.0 Å². The number of phenolic OH excluding ortho intramolecular Hbond substituents is 1. The number of aromatic hydroxyl groups is 1. The van der Waals surface area contributed by atoms with Crippen molar-refractivity contribution in [2.75, 3.05) is 0 Å². The fraction of sp³-hybridized carbons (Fsp3) is 0. The molecule has 0 atom stereocenters. The lowest BCUT2D eigenvalue weighted by atomic mass is 10.1. The van der Waals surface area contributed by atoms with Crippen molar-refractivity contribution in [3.05, 3.63) is 73.0 Å². The van der Waals surface area contributed by atoms with Crippen LogP contribution in [0.4, 0.5) is 0 Å². The second-order valence-electron chi connectivity index (χ2n) is 5.20. The smallest absolute Gasteiger partial charge is 0.174 e. The Labute approximate surface area is 133 Å². The molecule has 2 heterocycles. The number of rotatable bonds is 3. The molecule has 112 valence electrons. The highest BCUT2D eigenvalue weighted by atomic mass is 16.3. The molecule has 0 spiro atoms. The van der Waals surface area contributed by atoms with E-state index in [0.717, 1.165) is 22.5 Å². The molecule has 2 N–H and O–H groups in total. The van der Waals surface area contributed by atoms with Crippen LogP contribution in [0.15, 0.2) is 77.4 Å². The molecule has 0 aliphatic rings. The molecule has 0 saturated heterocycles. The Morgan fingerprint density at radius 1 is 0.826 bits per heavy atom. The Kier molecular flexibility index (Phi) is 3.20. The van der Waals surface area contributed by atoms with Gasteiger partial charge in [0.1, 0.15) is 5.75 Å². The van der Waals surface area contributed by atoms with Crippen LogP contribution in [0.5, 0.6) is 5.75 Å². The summed E-state index contributed by atoms with van der Waals surface area (Å²) in [4.78, 5) is 8.04. The number of furan rings is 1. The number of phenols is 1. The van der Waals surface area contributed by atoms with Crippen LogP contribution < -0.4 is 0 Å². The van der Waals surface area contributed by atoms with Gasteiger partial charge in [-0.1, -0.05) is 30.3 Å². The van der Waals surface area contributed by atoms with Crippen LogP contribution in [-0.2, 0) is 0 Å². The van der Waals surface area contributed by atoms with Gasteiger partial charge in [-0.3, -0.25) is 0 Å². The first-order chi connectivity index (χ1) is 11.3. The molecular weight excluding hydrogens is 288 g/mol. The van der Waals surface area contributed by atoms with E-state index in [1.54, 1.807) is 18.4 Å². The van der Waals surface area contributed by atoms with Crippen molar-refractivity contribution >= 4 is 0 Å². The number of benzene rings is 2. The summed E-state index contributed by atoms with van der Waals surface area (Å²) < 4.78 is 5.44. The van der Waals surface area contributed by atoms with Crippen molar-refractivity contribution in [1.29, 1.82) is 0 Å². The highest BCUT2D eigenvalue weighted by molar-refractivity contribution is 5.80. The monoisotopic (exact) mass is 302 g/mol. The number of nitrogens with one attached hydrogen (secondary N) is 1. The Hall–Kier alpha value is -3.27. The zero-order valence-electron chi connectivity index (χ0n) is 12.2. The second-order valence-corrected chi connectivity index (χ2v) is 5.20. The van der Waals surface area contributed by atoms with E-state index in [4.69, 9.17) is 9.40 Å². The maximum Gasteiger partial charge on any atom is 0.174 e. The third-order valence-electron chi connectivity index (χ3n) is 3.66. The number of hydrogen-bond acceptors (Lipinski definition) is 3. The summed E-state index contributed by atoms with van der Waals surface area (Å²) in [5.41, 5.74) is 3.71. The average Bonchev–Trinajstić information content (AvgIpc) is 3.26. The lowest BCUT2D eigenvalue weighted by Crippen LogP contribution is -1.83. The Bertz CT molecular complexity index is 908. The first-order valence-electron chi connectivity index (χ1n) is 7.30. The number of H-pyrrole nitrogens is 1. The van der Waals surface area contributed by atoms with Gasteiger partial charge in [0.05, 0.1) is 17.7 Å². The molecule has 4 heteroatoms. The van der Waals surface area contributed by atoms with Crippen LogP contribution in [0.25, 0.3) is 34.1 Å². The van der Waals surface area contributed by atoms with Gasteiger partial charge in [0.15, 0.2) is 11.6 Å². The Morgan fingerprint density at radius 2 is 1.61 bits per heavy atom. The predicted octanol–water partition coefficient (Wildman–Crippen LogP) is 4.71. The highest BCUT2D eigenvalue weighted by Gasteiger charge is 2.16. The van der Waals surface area contributed by atoms with E-state index < -0.39 is 0 Å². The Morgan fingerprint density at radius 3 is 2.30 bits per heavy atom. The normalized spacial score (nSPS) is 10.8. The molecule has 0 aliphatic carbocycles. The highest BCUT2D eigenvalue weighted by Crippen LogP contribution is 2.33. The van der Waals surface area contributed by atoms with E-state index in [2.05, 4.69) is 4.98 Å². The first-order valence-corrected chi connectivity index (χ1v) is 7.30. The minimum absolute atomic E-state index is 0.237. The van der Waals surface area contributed by atoms with Crippen molar-refractivity contribution < 1.29 is 9.52 Å². The number of aromatic nitrogens is 2. The lowest BCUT2D eigenvalue weighted by Gasteiger charge is -2.03. The predicted molar refractivity (Wildman–Crippen MR) is 88.8 cm³/mol. The Balaban J connectivity index is 1.90. The molecule has 23 heavy (non-hydrogen) atoms. The summed E-state index contributed by atoms with van der Waals surface area (Å²) >= 11 is 0. The van der Waals surface area contributed by atoms with Crippen molar-refractivity contribution in [3.63, 3.8) is 0 Å². The molecule has 4 nitrogen and oxygen atoms in total. The molecule has 0 bridgehead atoms. The van der Waals surface area contributed by atoms with Crippen LogP contribution in [0.2, 0.25) is 0 Å².